The van der Waals surface area contributed by atoms with Gasteiger partial charge in [0.25, 0.3) is 0 Å². The van der Waals surface area contributed by atoms with E-state index in [1.807, 2.05) is 0 Å². The summed E-state index contributed by atoms with van der Waals surface area (Å²) in [6, 6.07) is 4.85. The molecule has 0 saturated carbocycles. The Morgan fingerprint density at radius 2 is 1.79 bits per heavy atom. The zero-order chi connectivity index (χ0) is 11.0. The standard InChI is InChI=1S/C11H22O2Si/c1-5-13-11(12)9-10-14(6-2,7-3)8-4/h5H,1,6-10H2,2-4H3. The molecule has 0 rings (SSSR count). The fourth-order valence-corrected chi connectivity index (χ4v) is 5.09. The van der Waals surface area contributed by atoms with Gasteiger partial charge in [0.2, 0.25) is 0 Å². The zero-order valence-electron chi connectivity index (χ0n) is 9.64. The Labute approximate surface area is 88.4 Å². The molecule has 0 aliphatic heterocycles. The van der Waals surface area contributed by atoms with E-state index in [9.17, 15) is 4.79 Å². The molecule has 0 fully saturated rings. The molecule has 0 aliphatic rings. The van der Waals surface area contributed by atoms with Gasteiger partial charge in [-0.2, -0.15) is 0 Å². The Kier molecular flexibility index (Phi) is 6.54. The van der Waals surface area contributed by atoms with Crippen molar-refractivity contribution >= 4 is 14.0 Å². The molecule has 0 saturated heterocycles. The van der Waals surface area contributed by atoms with Gasteiger partial charge in [-0.25, -0.2) is 0 Å². The molecular formula is C11H22O2Si. The van der Waals surface area contributed by atoms with E-state index < -0.39 is 8.07 Å². The number of carbonyl (C=O) groups excluding carboxylic acids is 1. The molecule has 0 aliphatic carbocycles. The van der Waals surface area contributed by atoms with E-state index in [2.05, 4.69) is 27.4 Å². The first-order chi connectivity index (χ1) is 6.64. The summed E-state index contributed by atoms with van der Waals surface area (Å²) in [6.45, 7) is 10.1. The van der Waals surface area contributed by atoms with Crippen LogP contribution in [0.3, 0.4) is 0 Å². The summed E-state index contributed by atoms with van der Waals surface area (Å²) >= 11 is 0. The molecule has 14 heavy (non-hydrogen) atoms. The lowest BCUT2D eigenvalue weighted by Gasteiger charge is -2.27. The largest absolute Gasteiger partial charge is 0.435 e. The molecule has 82 valence electrons. The molecule has 0 amide bonds. The van der Waals surface area contributed by atoms with Crippen molar-refractivity contribution in [1.82, 2.24) is 0 Å². The second-order valence-electron chi connectivity index (χ2n) is 3.72. The molecule has 0 bridgehead atoms. The maximum absolute atomic E-state index is 11.2. The van der Waals surface area contributed by atoms with Gasteiger partial charge >= 0.3 is 5.97 Å². The minimum absolute atomic E-state index is 0.132. The number of hydrogen-bond acceptors (Lipinski definition) is 2. The second kappa shape index (κ2) is 6.82. The van der Waals surface area contributed by atoms with Crippen molar-refractivity contribution in [3.63, 3.8) is 0 Å². The Hall–Kier alpha value is -0.573. The van der Waals surface area contributed by atoms with Gasteiger partial charge in [-0.05, 0) is 6.04 Å². The van der Waals surface area contributed by atoms with E-state index >= 15 is 0 Å². The lowest BCUT2D eigenvalue weighted by atomic mass is 10.5. The summed E-state index contributed by atoms with van der Waals surface area (Å²) in [5.41, 5.74) is 0. The van der Waals surface area contributed by atoms with Crippen LogP contribution in [0.2, 0.25) is 24.2 Å². The van der Waals surface area contributed by atoms with Gasteiger partial charge in [0.05, 0.1) is 14.3 Å². The number of ether oxygens (including phenoxy) is 1. The maximum atomic E-state index is 11.2. The quantitative estimate of drug-likeness (QED) is 0.368. The van der Waals surface area contributed by atoms with Gasteiger partial charge in [0.1, 0.15) is 0 Å². The maximum Gasteiger partial charge on any atom is 0.310 e. The monoisotopic (exact) mass is 214 g/mol. The molecule has 0 aromatic heterocycles. The van der Waals surface area contributed by atoms with Crippen LogP contribution in [-0.4, -0.2) is 14.0 Å². The molecule has 0 aromatic carbocycles. The van der Waals surface area contributed by atoms with E-state index in [4.69, 9.17) is 4.74 Å². The number of rotatable bonds is 7. The van der Waals surface area contributed by atoms with Crippen LogP contribution in [-0.2, 0) is 9.53 Å². The third kappa shape index (κ3) is 4.09. The first-order valence-electron chi connectivity index (χ1n) is 5.44. The second-order valence-corrected chi connectivity index (χ2v) is 9.34. The van der Waals surface area contributed by atoms with E-state index in [1.54, 1.807) is 0 Å². The predicted octanol–water partition coefficient (Wildman–Crippen LogP) is 3.57. The third-order valence-electron chi connectivity index (χ3n) is 3.32. The highest BCUT2D eigenvalue weighted by atomic mass is 28.3. The SMILES string of the molecule is C=COC(=O)CC[Si](CC)(CC)CC. The van der Waals surface area contributed by atoms with Crippen LogP contribution >= 0.6 is 0 Å². The predicted molar refractivity (Wildman–Crippen MR) is 62.9 cm³/mol. The fraction of sp³-hybridized carbons (Fsp3) is 0.727. The van der Waals surface area contributed by atoms with E-state index in [1.165, 1.54) is 24.4 Å². The van der Waals surface area contributed by atoms with Crippen molar-refractivity contribution in [3.05, 3.63) is 12.8 Å². The van der Waals surface area contributed by atoms with Gasteiger partial charge < -0.3 is 4.74 Å². The Morgan fingerprint density at radius 1 is 1.29 bits per heavy atom. The Balaban J connectivity index is 4.05. The lowest BCUT2D eigenvalue weighted by Crippen LogP contribution is -2.31. The average molecular weight is 214 g/mol. The van der Waals surface area contributed by atoms with Crippen molar-refractivity contribution in [3.8, 4) is 0 Å². The molecule has 0 spiro atoms. The molecule has 0 radical (unpaired) electrons. The highest BCUT2D eigenvalue weighted by Gasteiger charge is 2.27. The van der Waals surface area contributed by atoms with Gasteiger partial charge in [-0.15, -0.1) is 0 Å². The molecular weight excluding hydrogens is 192 g/mol. The fourth-order valence-electron chi connectivity index (χ4n) is 1.80. The third-order valence-corrected chi connectivity index (χ3v) is 9.13. The smallest absolute Gasteiger partial charge is 0.310 e. The van der Waals surface area contributed by atoms with E-state index in [-0.39, 0.29) is 5.97 Å². The first kappa shape index (κ1) is 13.4. The average Bonchev–Trinajstić information content (AvgIpc) is 2.21. The molecule has 0 heterocycles. The lowest BCUT2D eigenvalue weighted by molar-refractivity contribution is -0.137. The van der Waals surface area contributed by atoms with Crippen molar-refractivity contribution < 1.29 is 9.53 Å². The summed E-state index contributed by atoms with van der Waals surface area (Å²) in [7, 11) is -1.14. The Morgan fingerprint density at radius 3 is 2.14 bits per heavy atom. The van der Waals surface area contributed by atoms with Crippen LogP contribution in [0.4, 0.5) is 0 Å². The van der Waals surface area contributed by atoms with Gasteiger partial charge in [0, 0.05) is 6.42 Å². The normalized spacial score (nSPS) is 11.1. The van der Waals surface area contributed by atoms with Gasteiger partial charge in [-0.1, -0.05) is 45.5 Å². The number of carbonyl (C=O) groups is 1. The summed E-state index contributed by atoms with van der Waals surface area (Å²) in [6.07, 6.45) is 1.78. The molecule has 0 N–H and O–H groups in total. The van der Waals surface area contributed by atoms with Gasteiger partial charge in [-0.3, -0.25) is 4.79 Å². The highest BCUT2D eigenvalue weighted by Crippen LogP contribution is 2.26. The Bertz CT molecular complexity index is 177. The molecule has 0 aromatic rings. The zero-order valence-corrected chi connectivity index (χ0v) is 10.6. The molecule has 3 heteroatoms. The van der Waals surface area contributed by atoms with Crippen LogP contribution in [0.5, 0.6) is 0 Å². The van der Waals surface area contributed by atoms with Crippen molar-refractivity contribution in [2.45, 2.75) is 51.4 Å². The van der Waals surface area contributed by atoms with Crippen LogP contribution in [0.15, 0.2) is 12.8 Å². The van der Waals surface area contributed by atoms with Crippen LogP contribution in [0.25, 0.3) is 0 Å². The summed E-state index contributed by atoms with van der Waals surface area (Å²) in [5.74, 6) is -0.132. The summed E-state index contributed by atoms with van der Waals surface area (Å²) in [5, 5.41) is 0. The van der Waals surface area contributed by atoms with Crippen molar-refractivity contribution in [1.29, 1.82) is 0 Å². The minimum Gasteiger partial charge on any atom is -0.435 e. The number of esters is 1. The summed E-state index contributed by atoms with van der Waals surface area (Å²) < 4.78 is 4.72. The molecule has 2 nitrogen and oxygen atoms in total. The first-order valence-corrected chi connectivity index (χ1v) is 8.27. The van der Waals surface area contributed by atoms with E-state index in [0.29, 0.717) is 6.42 Å². The van der Waals surface area contributed by atoms with Crippen molar-refractivity contribution in [2.75, 3.05) is 0 Å². The van der Waals surface area contributed by atoms with Crippen LogP contribution in [0.1, 0.15) is 27.2 Å². The molecule has 0 unspecified atom stereocenters. The van der Waals surface area contributed by atoms with Crippen molar-refractivity contribution in [2.24, 2.45) is 0 Å². The summed E-state index contributed by atoms with van der Waals surface area (Å²) in [4.78, 5) is 11.2. The van der Waals surface area contributed by atoms with Crippen LogP contribution in [0, 0.1) is 0 Å². The highest BCUT2D eigenvalue weighted by molar-refractivity contribution is 6.79. The minimum atomic E-state index is -1.14. The number of hydrogen-bond donors (Lipinski definition) is 0. The van der Waals surface area contributed by atoms with Crippen LogP contribution < -0.4 is 0 Å². The van der Waals surface area contributed by atoms with E-state index in [0.717, 1.165) is 6.04 Å². The molecule has 0 atom stereocenters. The topological polar surface area (TPSA) is 26.3 Å². The van der Waals surface area contributed by atoms with Gasteiger partial charge in [0.15, 0.2) is 0 Å².